The first-order chi connectivity index (χ1) is 8.24. The summed E-state index contributed by atoms with van der Waals surface area (Å²) in [5, 5.41) is 0.309. The van der Waals surface area contributed by atoms with Gasteiger partial charge in [0.15, 0.2) is 0 Å². The summed E-state index contributed by atoms with van der Waals surface area (Å²) in [4.78, 5) is 11.1. The molecule has 2 nitrogen and oxygen atoms in total. The van der Waals surface area contributed by atoms with Crippen LogP contribution in [0.5, 0.6) is 0 Å². The smallest absolute Gasteiger partial charge is 0.316 e. The average molecular weight is 307 g/mol. The van der Waals surface area contributed by atoms with E-state index in [4.69, 9.17) is 4.74 Å². The monoisotopic (exact) mass is 306 g/mol. The van der Waals surface area contributed by atoms with Crippen molar-refractivity contribution in [2.75, 3.05) is 11.9 Å². The van der Waals surface area contributed by atoms with Crippen LogP contribution >= 0.6 is 15.9 Å². The average Bonchev–Trinajstić information content (AvgIpc) is 2.36. The Morgan fingerprint density at radius 1 is 1.06 bits per heavy atom. The van der Waals surface area contributed by atoms with Crippen LogP contribution < -0.4 is 0 Å². The Bertz CT molecular complexity index is 183. The molecule has 17 heavy (non-hydrogen) atoms. The molecule has 0 bridgehead atoms. The van der Waals surface area contributed by atoms with E-state index < -0.39 is 0 Å². The molecule has 0 fully saturated rings. The van der Waals surface area contributed by atoms with Crippen LogP contribution in [0.1, 0.15) is 65.2 Å². The van der Waals surface area contributed by atoms with Crippen molar-refractivity contribution in [2.24, 2.45) is 5.92 Å². The first-order valence-electron chi connectivity index (χ1n) is 6.96. The predicted molar refractivity (Wildman–Crippen MR) is 76.5 cm³/mol. The number of rotatable bonds is 11. The predicted octanol–water partition coefficient (Wildman–Crippen LogP) is 4.70. The number of hydrogen-bond acceptors (Lipinski definition) is 2. The van der Waals surface area contributed by atoms with Crippen LogP contribution in [0.2, 0.25) is 0 Å². The van der Waals surface area contributed by atoms with E-state index in [2.05, 4.69) is 29.8 Å². The van der Waals surface area contributed by atoms with E-state index in [1.165, 1.54) is 51.4 Å². The fraction of sp³-hybridized carbons (Fsp3) is 0.929. The van der Waals surface area contributed by atoms with Gasteiger partial charge in [0.25, 0.3) is 0 Å². The quantitative estimate of drug-likeness (QED) is 0.314. The Labute approximate surface area is 115 Å². The van der Waals surface area contributed by atoms with Crippen LogP contribution in [0.15, 0.2) is 0 Å². The third-order valence-electron chi connectivity index (χ3n) is 3.02. The molecule has 1 unspecified atom stereocenters. The normalized spacial score (nSPS) is 12.4. The van der Waals surface area contributed by atoms with Crippen LogP contribution in [0.3, 0.4) is 0 Å². The molecule has 0 rings (SSSR count). The van der Waals surface area contributed by atoms with Crippen molar-refractivity contribution in [3.8, 4) is 0 Å². The van der Waals surface area contributed by atoms with Gasteiger partial charge in [0.05, 0.1) is 6.61 Å². The lowest BCUT2D eigenvalue weighted by Gasteiger charge is -2.16. The number of carbonyl (C=O) groups is 1. The second kappa shape index (κ2) is 12.4. The molecule has 0 amide bonds. The summed E-state index contributed by atoms with van der Waals surface area (Å²) < 4.78 is 5.22. The molecular weight excluding hydrogens is 280 g/mol. The molecular formula is C14H27BrO2. The molecule has 0 aliphatic heterocycles. The lowest BCUT2D eigenvalue weighted by Crippen LogP contribution is -2.15. The molecule has 0 aromatic heterocycles. The topological polar surface area (TPSA) is 26.3 Å². The number of hydrogen-bond donors (Lipinski definition) is 0. The van der Waals surface area contributed by atoms with Gasteiger partial charge in [-0.25, -0.2) is 0 Å². The first-order valence-corrected chi connectivity index (χ1v) is 8.08. The van der Waals surface area contributed by atoms with Gasteiger partial charge in [-0.2, -0.15) is 0 Å². The SMILES string of the molecule is CCCCCCC(CCCC)COC(=O)CBr. The van der Waals surface area contributed by atoms with E-state index in [1.54, 1.807) is 0 Å². The molecule has 102 valence electrons. The second-order valence-corrected chi connectivity index (χ2v) is 5.23. The van der Waals surface area contributed by atoms with E-state index in [9.17, 15) is 4.79 Å². The highest BCUT2D eigenvalue weighted by Crippen LogP contribution is 2.17. The molecule has 0 saturated heterocycles. The van der Waals surface area contributed by atoms with Crippen molar-refractivity contribution in [2.45, 2.75) is 65.2 Å². The van der Waals surface area contributed by atoms with Crippen LogP contribution in [-0.2, 0) is 9.53 Å². The molecule has 3 heteroatoms. The van der Waals surface area contributed by atoms with E-state index in [-0.39, 0.29) is 5.97 Å². The molecule has 1 atom stereocenters. The fourth-order valence-corrected chi connectivity index (χ4v) is 2.07. The molecule has 0 aliphatic rings. The van der Waals surface area contributed by atoms with Crippen LogP contribution in [-0.4, -0.2) is 17.9 Å². The van der Waals surface area contributed by atoms with Crippen molar-refractivity contribution >= 4 is 21.9 Å². The summed E-state index contributed by atoms with van der Waals surface area (Å²) in [7, 11) is 0. The number of carbonyl (C=O) groups excluding carboxylic acids is 1. The zero-order valence-electron chi connectivity index (χ0n) is 11.3. The van der Waals surface area contributed by atoms with Crippen LogP contribution in [0, 0.1) is 5.92 Å². The van der Waals surface area contributed by atoms with Crippen molar-refractivity contribution in [3.63, 3.8) is 0 Å². The van der Waals surface area contributed by atoms with Gasteiger partial charge in [0, 0.05) is 0 Å². The largest absolute Gasteiger partial charge is 0.465 e. The van der Waals surface area contributed by atoms with Crippen molar-refractivity contribution in [1.82, 2.24) is 0 Å². The Kier molecular flexibility index (Phi) is 12.4. The Morgan fingerprint density at radius 3 is 2.29 bits per heavy atom. The van der Waals surface area contributed by atoms with Gasteiger partial charge in [-0.3, -0.25) is 4.79 Å². The van der Waals surface area contributed by atoms with Crippen LogP contribution in [0.25, 0.3) is 0 Å². The van der Waals surface area contributed by atoms with Crippen molar-refractivity contribution in [1.29, 1.82) is 0 Å². The maximum atomic E-state index is 11.1. The van der Waals surface area contributed by atoms with Gasteiger partial charge >= 0.3 is 5.97 Å². The van der Waals surface area contributed by atoms with Gasteiger partial charge < -0.3 is 4.74 Å². The number of esters is 1. The highest BCUT2D eigenvalue weighted by atomic mass is 79.9. The van der Waals surface area contributed by atoms with Crippen LogP contribution in [0.4, 0.5) is 0 Å². The molecule has 0 spiro atoms. The zero-order valence-corrected chi connectivity index (χ0v) is 12.9. The van der Waals surface area contributed by atoms with Gasteiger partial charge in [-0.05, 0) is 18.8 Å². The summed E-state index contributed by atoms with van der Waals surface area (Å²) in [5.41, 5.74) is 0. The van der Waals surface area contributed by atoms with Gasteiger partial charge in [0.1, 0.15) is 5.33 Å². The standard InChI is InChI=1S/C14H27BrO2/c1-3-5-7-8-10-13(9-6-4-2)12-17-14(16)11-15/h13H,3-12H2,1-2H3. The summed E-state index contributed by atoms with van der Waals surface area (Å²) in [5.74, 6) is 0.426. The Morgan fingerprint density at radius 2 is 1.71 bits per heavy atom. The minimum atomic E-state index is -0.139. The Balaban J connectivity index is 3.74. The molecule has 0 aliphatic carbocycles. The molecule has 0 radical (unpaired) electrons. The maximum absolute atomic E-state index is 11.1. The van der Waals surface area contributed by atoms with Crippen molar-refractivity contribution in [3.05, 3.63) is 0 Å². The van der Waals surface area contributed by atoms with Crippen molar-refractivity contribution < 1.29 is 9.53 Å². The number of ether oxygens (including phenoxy) is 1. The number of halogens is 1. The Hall–Kier alpha value is -0.0500. The maximum Gasteiger partial charge on any atom is 0.316 e. The number of unbranched alkanes of at least 4 members (excludes halogenated alkanes) is 4. The molecule has 0 saturated carbocycles. The van der Waals surface area contributed by atoms with E-state index in [0.29, 0.717) is 17.9 Å². The number of alkyl halides is 1. The summed E-state index contributed by atoms with van der Waals surface area (Å²) in [6.45, 7) is 5.04. The molecule has 0 heterocycles. The first kappa shape index (κ1) is 16.9. The zero-order chi connectivity index (χ0) is 12.9. The fourth-order valence-electron chi connectivity index (χ4n) is 1.91. The summed E-state index contributed by atoms with van der Waals surface area (Å²) in [6, 6.07) is 0. The van der Waals surface area contributed by atoms with Gasteiger partial charge in [-0.15, -0.1) is 0 Å². The minimum absolute atomic E-state index is 0.139. The lowest BCUT2D eigenvalue weighted by molar-refractivity contribution is -0.141. The lowest BCUT2D eigenvalue weighted by atomic mass is 9.96. The van der Waals surface area contributed by atoms with E-state index >= 15 is 0 Å². The third-order valence-corrected chi connectivity index (χ3v) is 3.48. The molecule has 0 aromatic carbocycles. The summed E-state index contributed by atoms with van der Waals surface area (Å²) >= 11 is 3.12. The highest BCUT2D eigenvalue weighted by molar-refractivity contribution is 9.09. The second-order valence-electron chi connectivity index (χ2n) is 4.67. The van der Waals surface area contributed by atoms with Gasteiger partial charge in [0.2, 0.25) is 0 Å². The van der Waals surface area contributed by atoms with E-state index in [0.717, 1.165) is 0 Å². The highest BCUT2D eigenvalue weighted by Gasteiger charge is 2.11. The molecule has 0 aromatic rings. The van der Waals surface area contributed by atoms with Gasteiger partial charge in [-0.1, -0.05) is 68.3 Å². The summed E-state index contributed by atoms with van der Waals surface area (Å²) in [6.07, 6.45) is 10.0. The molecule has 0 N–H and O–H groups in total. The minimum Gasteiger partial charge on any atom is -0.465 e. The van der Waals surface area contributed by atoms with E-state index in [1.807, 2.05) is 0 Å². The third kappa shape index (κ3) is 10.8.